The normalized spacial score (nSPS) is 16.0. The summed E-state index contributed by atoms with van der Waals surface area (Å²) in [5.41, 5.74) is 2.73. The molecular weight excluding hydrogens is 358 g/mol. The van der Waals surface area contributed by atoms with Gasteiger partial charge in [-0.05, 0) is 24.3 Å². The molecule has 1 heterocycles. The van der Waals surface area contributed by atoms with Crippen LogP contribution in [0.15, 0.2) is 29.2 Å². The molecule has 0 bridgehead atoms. The molecule has 1 N–H and O–H groups in total. The zero-order valence-electron chi connectivity index (χ0n) is 15.3. The van der Waals surface area contributed by atoms with Crippen molar-refractivity contribution in [2.45, 2.75) is 18.7 Å². The van der Waals surface area contributed by atoms with Crippen molar-refractivity contribution in [3.05, 3.63) is 29.8 Å². The fourth-order valence-corrected chi connectivity index (χ4v) is 4.12. The fraction of sp³-hybridized carbons (Fsp3) is 0.588. The fourth-order valence-electron chi connectivity index (χ4n) is 2.67. The first kappa shape index (κ1) is 20.8. The molecule has 0 aliphatic carbocycles. The molecule has 146 valence electrons. The summed E-state index contributed by atoms with van der Waals surface area (Å²) in [6.45, 7) is 8.62. The molecule has 0 saturated carbocycles. The zero-order chi connectivity index (χ0) is 19.0. The highest BCUT2D eigenvalue weighted by molar-refractivity contribution is 7.89. The minimum atomic E-state index is -3.52. The van der Waals surface area contributed by atoms with E-state index in [1.807, 2.05) is 0 Å². The quantitative estimate of drug-likeness (QED) is 0.498. The van der Waals surface area contributed by atoms with Gasteiger partial charge < -0.3 is 4.74 Å². The maximum absolute atomic E-state index is 12.4. The summed E-state index contributed by atoms with van der Waals surface area (Å²) in [6.07, 6.45) is 0. The number of nitrogens with zero attached hydrogens (tertiary/aromatic N) is 2. The summed E-state index contributed by atoms with van der Waals surface area (Å²) in [4.78, 5) is 19.7. The lowest BCUT2D eigenvalue weighted by molar-refractivity contribution is -0.00177. The van der Waals surface area contributed by atoms with Crippen molar-refractivity contribution >= 4 is 15.9 Å². The van der Waals surface area contributed by atoms with Crippen molar-refractivity contribution in [1.82, 2.24) is 14.7 Å². The molecule has 0 spiro atoms. The van der Waals surface area contributed by atoms with Crippen LogP contribution in [0.4, 0.5) is 0 Å². The second-order valence-corrected chi connectivity index (χ2v) is 7.79. The topological polar surface area (TPSA) is 88.2 Å². The lowest BCUT2D eigenvalue weighted by Crippen LogP contribution is -2.39. The van der Waals surface area contributed by atoms with Gasteiger partial charge in [0.15, 0.2) is 0 Å². The van der Waals surface area contributed by atoms with Gasteiger partial charge in [0.1, 0.15) is 0 Å². The van der Waals surface area contributed by atoms with Crippen LogP contribution in [0.3, 0.4) is 0 Å². The highest BCUT2D eigenvalue weighted by Gasteiger charge is 2.21. The third kappa shape index (κ3) is 5.49. The van der Waals surface area contributed by atoms with Crippen molar-refractivity contribution < 1.29 is 22.8 Å². The number of hydroxylamine groups is 1. The minimum absolute atomic E-state index is 0.172. The number of morpholine rings is 1. The SMILES string of the molecule is CCN(CC)S(=O)(=O)c1ccc(C(=O)NOCCN2CCOCC2)cc1. The van der Waals surface area contributed by atoms with Gasteiger partial charge in [-0.3, -0.25) is 14.5 Å². The molecule has 2 rings (SSSR count). The number of hydrogen-bond donors (Lipinski definition) is 1. The number of amides is 1. The minimum Gasteiger partial charge on any atom is -0.379 e. The second-order valence-electron chi connectivity index (χ2n) is 5.85. The van der Waals surface area contributed by atoms with E-state index in [4.69, 9.17) is 9.57 Å². The van der Waals surface area contributed by atoms with E-state index in [0.29, 0.717) is 31.8 Å². The van der Waals surface area contributed by atoms with Crippen molar-refractivity contribution in [3.8, 4) is 0 Å². The van der Waals surface area contributed by atoms with Crippen LogP contribution >= 0.6 is 0 Å². The van der Waals surface area contributed by atoms with E-state index < -0.39 is 15.9 Å². The third-order valence-electron chi connectivity index (χ3n) is 4.24. The molecule has 9 heteroatoms. The van der Waals surface area contributed by atoms with E-state index in [-0.39, 0.29) is 4.90 Å². The van der Waals surface area contributed by atoms with E-state index in [1.165, 1.54) is 28.6 Å². The molecule has 1 aliphatic rings. The van der Waals surface area contributed by atoms with E-state index in [9.17, 15) is 13.2 Å². The number of sulfonamides is 1. The third-order valence-corrected chi connectivity index (χ3v) is 6.30. The van der Waals surface area contributed by atoms with Crippen molar-refractivity contribution in [1.29, 1.82) is 0 Å². The summed E-state index contributed by atoms with van der Waals surface area (Å²) in [5, 5.41) is 0. The lowest BCUT2D eigenvalue weighted by Gasteiger charge is -2.26. The molecular formula is C17H27N3O5S. The molecule has 1 aliphatic heterocycles. The molecule has 0 radical (unpaired) electrons. The van der Waals surface area contributed by atoms with E-state index in [1.54, 1.807) is 13.8 Å². The van der Waals surface area contributed by atoms with Gasteiger partial charge in [0.25, 0.3) is 5.91 Å². The monoisotopic (exact) mass is 385 g/mol. The Morgan fingerprint density at radius 3 is 2.38 bits per heavy atom. The molecule has 1 fully saturated rings. The molecule has 0 unspecified atom stereocenters. The van der Waals surface area contributed by atoms with Gasteiger partial charge >= 0.3 is 0 Å². The number of carbonyl (C=O) groups is 1. The zero-order valence-corrected chi connectivity index (χ0v) is 16.1. The number of rotatable bonds is 9. The van der Waals surface area contributed by atoms with Gasteiger partial charge in [-0.15, -0.1) is 0 Å². The number of carbonyl (C=O) groups excluding carboxylic acids is 1. The highest BCUT2D eigenvalue weighted by atomic mass is 32.2. The molecule has 0 atom stereocenters. The first-order valence-electron chi connectivity index (χ1n) is 8.81. The predicted octanol–water partition coefficient (Wildman–Crippen LogP) is 0.711. The molecule has 1 amide bonds. The Labute approximate surface area is 155 Å². The van der Waals surface area contributed by atoms with Gasteiger partial charge in [0.2, 0.25) is 10.0 Å². The van der Waals surface area contributed by atoms with Crippen LogP contribution < -0.4 is 5.48 Å². The molecule has 1 aromatic rings. The smallest absolute Gasteiger partial charge is 0.274 e. The summed E-state index contributed by atoms with van der Waals surface area (Å²) >= 11 is 0. The van der Waals surface area contributed by atoms with Crippen LogP contribution in [0.1, 0.15) is 24.2 Å². The Balaban J connectivity index is 1.84. The standard InChI is InChI=1S/C17H27N3O5S/c1-3-20(4-2)26(22,23)16-7-5-15(6-8-16)17(21)18-25-14-11-19-9-12-24-13-10-19/h5-8H,3-4,9-14H2,1-2H3,(H,18,21). The first-order valence-corrected chi connectivity index (χ1v) is 10.3. The van der Waals surface area contributed by atoms with Crippen LogP contribution in [-0.4, -0.2) is 76.1 Å². The number of nitrogens with one attached hydrogen (secondary N) is 1. The molecule has 1 saturated heterocycles. The average Bonchev–Trinajstić information content (AvgIpc) is 2.67. The van der Waals surface area contributed by atoms with Gasteiger partial charge in [-0.2, -0.15) is 4.31 Å². The van der Waals surface area contributed by atoms with Gasteiger partial charge in [-0.25, -0.2) is 13.9 Å². The first-order chi connectivity index (χ1) is 12.5. The predicted molar refractivity (Wildman–Crippen MR) is 97.2 cm³/mol. The summed E-state index contributed by atoms with van der Waals surface area (Å²) < 4.78 is 31.5. The van der Waals surface area contributed by atoms with Crippen molar-refractivity contribution in [2.24, 2.45) is 0 Å². The molecule has 0 aromatic heterocycles. The molecule has 26 heavy (non-hydrogen) atoms. The van der Waals surface area contributed by atoms with Crippen LogP contribution in [0.2, 0.25) is 0 Å². The lowest BCUT2D eigenvalue weighted by atomic mass is 10.2. The van der Waals surface area contributed by atoms with E-state index in [0.717, 1.165) is 26.3 Å². The van der Waals surface area contributed by atoms with E-state index in [2.05, 4.69) is 10.4 Å². The van der Waals surface area contributed by atoms with Gasteiger partial charge in [-0.1, -0.05) is 13.8 Å². The van der Waals surface area contributed by atoms with E-state index >= 15 is 0 Å². The van der Waals surface area contributed by atoms with Crippen molar-refractivity contribution in [3.63, 3.8) is 0 Å². The number of hydrogen-bond acceptors (Lipinski definition) is 6. The number of benzene rings is 1. The number of ether oxygens (including phenoxy) is 1. The Morgan fingerprint density at radius 1 is 1.19 bits per heavy atom. The Hall–Kier alpha value is -1.52. The Morgan fingerprint density at radius 2 is 1.81 bits per heavy atom. The molecule has 1 aromatic carbocycles. The highest BCUT2D eigenvalue weighted by Crippen LogP contribution is 2.16. The maximum atomic E-state index is 12.4. The largest absolute Gasteiger partial charge is 0.379 e. The van der Waals surface area contributed by atoms with Crippen LogP contribution in [0.5, 0.6) is 0 Å². The van der Waals surface area contributed by atoms with Crippen LogP contribution in [-0.2, 0) is 19.6 Å². The van der Waals surface area contributed by atoms with Gasteiger partial charge in [0.05, 0.1) is 24.7 Å². The Kier molecular flexibility index (Phi) is 7.98. The van der Waals surface area contributed by atoms with Crippen LogP contribution in [0.25, 0.3) is 0 Å². The average molecular weight is 385 g/mol. The maximum Gasteiger partial charge on any atom is 0.274 e. The van der Waals surface area contributed by atoms with Gasteiger partial charge in [0, 0.05) is 38.3 Å². The second kappa shape index (κ2) is 9.98. The molecule has 8 nitrogen and oxygen atoms in total. The summed E-state index contributed by atoms with van der Waals surface area (Å²) in [5.74, 6) is -0.404. The van der Waals surface area contributed by atoms with Crippen molar-refractivity contribution in [2.75, 3.05) is 52.5 Å². The van der Waals surface area contributed by atoms with Crippen LogP contribution in [0, 0.1) is 0 Å². The Bertz CT molecular complexity index is 668. The summed E-state index contributed by atoms with van der Waals surface area (Å²) in [7, 11) is -3.52. The summed E-state index contributed by atoms with van der Waals surface area (Å²) in [6, 6.07) is 5.85.